The number of nitrogens with one attached hydrogen (secondary N) is 2. The third-order valence-corrected chi connectivity index (χ3v) is 4.84. The number of carboxylic acid groups (broad SMARTS) is 2. The number of unbranched alkanes of at least 4 members (excludes halogenated alkanes) is 13. The summed E-state index contributed by atoms with van der Waals surface area (Å²) in [6, 6.07) is 0.222. The number of hydrogen-bond acceptors (Lipinski definition) is 5. The average Bonchev–Trinajstić information content (AvgIpc) is 2.85. The van der Waals surface area contributed by atoms with E-state index in [0.29, 0.717) is 19.6 Å². The number of carbonyl (C=O) groups excluding carboxylic acids is 1. The van der Waals surface area contributed by atoms with Gasteiger partial charge < -0.3 is 38.5 Å². The Morgan fingerprint density at radius 2 is 1.08 bits per heavy atom. The summed E-state index contributed by atoms with van der Waals surface area (Å²) in [4.78, 5) is 30.9. The summed E-state index contributed by atoms with van der Waals surface area (Å²) in [5, 5.41) is 21.5. The van der Waals surface area contributed by atoms with Crippen LogP contribution in [0.15, 0.2) is 0 Å². The van der Waals surface area contributed by atoms with E-state index in [0.717, 1.165) is 12.8 Å². The Kier molecular flexibility index (Phi) is 56.6. The van der Waals surface area contributed by atoms with Gasteiger partial charge in [-0.05, 0) is 6.42 Å². The van der Waals surface area contributed by atoms with Gasteiger partial charge in [-0.3, -0.25) is 9.59 Å². The molecule has 0 saturated heterocycles. The van der Waals surface area contributed by atoms with Crippen LogP contribution in [0.3, 0.4) is 0 Å². The molecule has 0 fully saturated rings. The molecule has 0 saturated carbocycles. The predicted molar refractivity (Wildman–Crippen MR) is 151 cm³/mol. The third-order valence-electron chi connectivity index (χ3n) is 4.84. The third kappa shape index (κ3) is 61.2. The molecule has 0 bridgehead atoms. The molecule has 0 aliphatic heterocycles. The molecule has 0 unspecified atom stereocenters. The van der Waals surface area contributed by atoms with Crippen LogP contribution in [0, 0.1) is 0 Å². The van der Waals surface area contributed by atoms with Crippen molar-refractivity contribution in [2.45, 2.75) is 110 Å². The van der Waals surface area contributed by atoms with Crippen molar-refractivity contribution in [2.75, 3.05) is 25.6 Å². The standard InChI is InChI=1S/C17H35NO2.C6H12N2O3.CH4ClN.ClH.H2N.Pt/c1-2-3-4-5-6-7-8-9-10-11-12-13-14-15-16-18-17(19)20;7-3-4-8-5(9)1-2-6(10)11;2-1-3;;;/h18H,2-16H2,1H3,(H,19,20);1-4,7H2,(H,8,9)(H,10,11);1,3H2;1H;1H2;/q;;;;-1;+2/p-1. The summed E-state index contributed by atoms with van der Waals surface area (Å²) in [5.41, 5.74) is 9.71. The van der Waals surface area contributed by atoms with Gasteiger partial charge in [0.2, 0.25) is 5.91 Å². The number of halogens is 2. The Morgan fingerprint density at radius 3 is 1.41 bits per heavy atom. The molecule has 0 aromatic heterocycles. The Hall–Kier alpha value is -0.642. The average molecular weight is 758 g/mol. The van der Waals surface area contributed by atoms with Crippen LogP contribution in [-0.2, 0) is 28.4 Å². The molecule has 10 nitrogen and oxygen atoms in total. The second-order valence-corrected chi connectivity index (χ2v) is 8.32. The van der Waals surface area contributed by atoms with E-state index in [9.17, 15) is 14.4 Å². The molecule has 0 aliphatic rings. The van der Waals surface area contributed by atoms with Crippen LogP contribution < -0.4 is 22.1 Å². The number of aliphatic carboxylic acids is 1. The normalized spacial score (nSPS) is 9.16. The minimum absolute atomic E-state index is 0. The van der Waals surface area contributed by atoms with Crippen LogP contribution in [0.25, 0.3) is 6.15 Å². The monoisotopic (exact) mass is 756 g/mol. The SMILES string of the molecule is CCCCCCCCCCCCCCCCNC(=O)O.NCCNC(=O)CCC(=O)O.NCCl.[Cl][Pt+].[NH2-]. The zero-order valence-electron chi connectivity index (χ0n) is 22.6. The first-order chi connectivity index (χ1) is 17.3. The molecule has 13 heteroatoms. The number of nitrogens with two attached hydrogens (primary N) is 3. The Balaban J connectivity index is -0.000000170. The van der Waals surface area contributed by atoms with E-state index in [4.69, 9.17) is 27.5 Å². The second kappa shape index (κ2) is 45.3. The van der Waals surface area contributed by atoms with Crippen molar-refractivity contribution >= 4 is 39.0 Å². The fourth-order valence-corrected chi connectivity index (χ4v) is 3.04. The second-order valence-electron chi connectivity index (χ2n) is 8.01. The fourth-order valence-electron chi connectivity index (χ4n) is 3.04. The van der Waals surface area contributed by atoms with E-state index in [1.165, 1.54) is 77.0 Å². The first-order valence-corrected chi connectivity index (χ1v) is 16.2. The van der Waals surface area contributed by atoms with Crippen LogP contribution in [-0.4, -0.2) is 53.8 Å². The van der Waals surface area contributed by atoms with E-state index >= 15 is 0 Å². The van der Waals surface area contributed by atoms with Crippen LogP contribution >= 0.6 is 21.0 Å². The maximum absolute atomic E-state index is 10.7. The molecule has 2 amide bonds. The topological polar surface area (TPSA) is 201 Å². The van der Waals surface area contributed by atoms with Gasteiger partial charge in [0.05, 0.1) is 12.4 Å². The molecule has 37 heavy (non-hydrogen) atoms. The quantitative estimate of drug-likeness (QED) is 0.0482. The van der Waals surface area contributed by atoms with Crippen LogP contribution in [0.2, 0.25) is 0 Å². The van der Waals surface area contributed by atoms with E-state index in [2.05, 4.69) is 32.7 Å². The molecule has 0 radical (unpaired) electrons. The summed E-state index contributed by atoms with van der Waals surface area (Å²) in [7, 11) is 4.61. The first kappa shape index (κ1) is 46.2. The number of carbonyl (C=O) groups is 3. The minimum atomic E-state index is -0.965. The van der Waals surface area contributed by atoms with Gasteiger partial charge in [-0.25, -0.2) is 4.79 Å². The number of alkyl halides is 1. The van der Waals surface area contributed by atoms with Crippen molar-refractivity contribution in [3.63, 3.8) is 0 Å². The first-order valence-electron chi connectivity index (χ1n) is 12.9. The maximum Gasteiger partial charge on any atom is -0.693 e. The molecule has 0 heterocycles. The van der Waals surface area contributed by atoms with Crippen molar-refractivity contribution in [1.29, 1.82) is 0 Å². The molecule has 0 spiro atoms. The van der Waals surface area contributed by atoms with Gasteiger partial charge in [0.25, 0.3) is 0 Å². The Bertz CT molecular complexity index is 471. The molecular formula is C24H53Cl2N5O5Pt. The van der Waals surface area contributed by atoms with Gasteiger partial charge in [-0.15, -0.1) is 11.6 Å². The summed E-state index contributed by atoms with van der Waals surface area (Å²) in [6.45, 7) is 3.65. The van der Waals surface area contributed by atoms with E-state index in [1.54, 1.807) is 18.8 Å². The van der Waals surface area contributed by atoms with Gasteiger partial charge in [0.1, 0.15) is 0 Å². The molecule has 0 rings (SSSR count). The van der Waals surface area contributed by atoms with E-state index < -0.39 is 12.1 Å². The molecule has 0 aromatic rings. The van der Waals surface area contributed by atoms with Gasteiger partial charge in [-0.2, -0.15) is 0 Å². The smallest absolute Gasteiger partial charge is 0.693 e. The number of carboxylic acids is 1. The van der Waals surface area contributed by atoms with Crippen molar-refractivity contribution in [1.82, 2.24) is 10.6 Å². The van der Waals surface area contributed by atoms with Gasteiger partial charge in [-0.1, -0.05) is 90.4 Å². The molecular weight excluding hydrogens is 704 g/mol. The van der Waals surface area contributed by atoms with Crippen LogP contribution in [0.4, 0.5) is 4.79 Å². The molecule has 228 valence electrons. The summed E-state index contributed by atoms with van der Waals surface area (Å²) in [5.74, 6) is -1.23. The van der Waals surface area contributed by atoms with Crippen molar-refractivity contribution in [2.24, 2.45) is 11.5 Å². The van der Waals surface area contributed by atoms with Crippen molar-refractivity contribution < 1.29 is 43.4 Å². The zero-order valence-corrected chi connectivity index (χ0v) is 26.3. The van der Waals surface area contributed by atoms with Gasteiger partial charge in [0.15, 0.2) is 0 Å². The van der Waals surface area contributed by atoms with Crippen LogP contribution in [0.5, 0.6) is 0 Å². The van der Waals surface area contributed by atoms with Gasteiger partial charge >= 0.3 is 40.3 Å². The van der Waals surface area contributed by atoms with E-state index in [1.807, 2.05) is 0 Å². The van der Waals surface area contributed by atoms with Gasteiger partial charge in [0, 0.05) is 26.1 Å². The molecule has 0 atom stereocenters. The van der Waals surface area contributed by atoms with E-state index in [-0.39, 0.29) is 30.9 Å². The maximum atomic E-state index is 10.7. The minimum Gasteiger partial charge on any atom is -0.693 e. The molecule has 0 aromatic carbocycles. The van der Waals surface area contributed by atoms with Crippen molar-refractivity contribution in [3.8, 4) is 0 Å². The fraction of sp³-hybridized carbons (Fsp3) is 0.875. The summed E-state index contributed by atoms with van der Waals surface area (Å²) in [6.07, 6.45) is 17.7. The number of amides is 2. The summed E-state index contributed by atoms with van der Waals surface area (Å²) < 4.78 is 0. The largest absolute Gasteiger partial charge is 0.693 e. The molecule has 10 N–H and O–H groups in total. The van der Waals surface area contributed by atoms with Crippen LogP contribution in [0.1, 0.15) is 110 Å². The summed E-state index contributed by atoms with van der Waals surface area (Å²) >= 11 is 6.39. The Morgan fingerprint density at radius 1 is 0.703 bits per heavy atom. The number of rotatable bonds is 20. The molecule has 0 aliphatic carbocycles. The van der Waals surface area contributed by atoms with Crippen molar-refractivity contribution in [3.05, 3.63) is 6.15 Å². The predicted octanol–water partition coefficient (Wildman–Crippen LogP) is 6.21. The Labute approximate surface area is 245 Å². The number of hydrogen-bond donors (Lipinski definition) is 6. The zero-order chi connectivity index (χ0) is 28.3.